The van der Waals surface area contributed by atoms with Gasteiger partial charge >= 0.3 is 5.69 Å². The van der Waals surface area contributed by atoms with Gasteiger partial charge in [0.2, 0.25) is 0 Å². The third-order valence-corrected chi connectivity index (χ3v) is 2.36. The molecule has 0 atom stereocenters. The summed E-state index contributed by atoms with van der Waals surface area (Å²) in [6, 6.07) is 5.87. The predicted octanol–water partition coefficient (Wildman–Crippen LogP) is 1.84. The van der Waals surface area contributed by atoms with E-state index < -0.39 is 16.5 Å². The molecule has 0 saturated heterocycles. The number of carbonyl (C=O) groups excluding carboxylic acids is 1. The monoisotopic (exact) mass is 253 g/mol. The molecule has 1 amide bonds. The maximum absolute atomic E-state index is 11.8. The number of amides is 1. The van der Waals surface area contributed by atoms with E-state index in [2.05, 4.69) is 0 Å². The summed E-state index contributed by atoms with van der Waals surface area (Å²) in [5, 5.41) is 19.2. The van der Waals surface area contributed by atoms with Gasteiger partial charge in [0.05, 0.1) is 11.0 Å². The molecule has 0 spiro atoms. The zero-order valence-corrected chi connectivity index (χ0v) is 9.64. The largest absolute Gasteiger partial charge is 0.328 e. The molecule has 0 N–H and O–H groups in total. The van der Waals surface area contributed by atoms with Crippen molar-refractivity contribution in [2.45, 2.75) is 0 Å². The van der Waals surface area contributed by atoms with Crippen molar-refractivity contribution < 1.29 is 9.72 Å². The minimum Gasteiger partial charge on any atom is -0.328 e. The van der Waals surface area contributed by atoms with Crippen molar-refractivity contribution >= 4 is 23.2 Å². The molecule has 1 aromatic carbocycles. The summed E-state index contributed by atoms with van der Waals surface area (Å²) in [6.07, 6.45) is 0. The number of nitro groups is 1. The summed E-state index contributed by atoms with van der Waals surface area (Å²) in [4.78, 5) is 23.0. The van der Waals surface area contributed by atoms with E-state index in [4.69, 9.17) is 16.9 Å². The highest BCUT2D eigenvalue weighted by Crippen LogP contribution is 2.28. The molecule has 88 valence electrons. The quantitative estimate of drug-likeness (QED) is 0.467. The fourth-order valence-corrected chi connectivity index (χ4v) is 1.50. The summed E-state index contributed by atoms with van der Waals surface area (Å²) in [5.41, 5.74) is -0.566. The van der Waals surface area contributed by atoms with Gasteiger partial charge in [0.1, 0.15) is 17.1 Å². The Balaban J connectivity index is 3.23. The van der Waals surface area contributed by atoms with Gasteiger partial charge in [-0.3, -0.25) is 14.9 Å². The standard InChI is InChI=1S/C10H8ClN3O3/c1-13(6-5-12)10(15)7-3-2-4-8(11)9(7)14(16)17/h2-4H,6H2,1H3. The van der Waals surface area contributed by atoms with Crippen molar-refractivity contribution in [3.63, 3.8) is 0 Å². The van der Waals surface area contributed by atoms with Gasteiger partial charge in [-0.2, -0.15) is 5.26 Å². The van der Waals surface area contributed by atoms with Crippen LogP contribution in [0, 0.1) is 21.4 Å². The molecule has 1 aromatic rings. The Morgan fingerprint density at radius 1 is 1.65 bits per heavy atom. The first-order valence-corrected chi connectivity index (χ1v) is 4.92. The van der Waals surface area contributed by atoms with Crippen LogP contribution in [0.1, 0.15) is 10.4 Å². The normalized spacial score (nSPS) is 9.47. The van der Waals surface area contributed by atoms with Crippen molar-refractivity contribution in [2.24, 2.45) is 0 Å². The number of rotatable bonds is 3. The molecular weight excluding hydrogens is 246 g/mol. The average molecular weight is 254 g/mol. The topological polar surface area (TPSA) is 87.2 Å². The van der Waals surface area contributed by atoms with Crippen LogP contribution in [-0.4, -0.2) is 29.3 Å². The molecule has 0 aliphatic rings. The van der Waals surface area contributed by atoms with Crippen molar-refractivity contribution in [2.75, 3.05) is 13.6 Å². The molecule has 0 aromatic heterocycles. The molecule has 0 heterocycles. The molecule has 7 heteroatoms. The Morgan fingerprint density at radius 3 is 2.82 bits per heavy atom. The van der Waals surface area contributed by atoms with Gasteiger partial charge < -0.3 is 4.90 Å². The molecular formula is C10H8ClN3O3. The lowest BCUT2D eigenvalue weighted by molar-refractivity contribution is -0.385. The molecule has 6 nitrogen and oxygen atoms in total. The van der Waals surface area contributed by atoms with E-state index in [0.29, 0.717) is 0 Å². The Labute approximate surface area is 102 Å². The van der Waals surface area contributed by atoms with E-state index in [1.165, 1.54) is 25.2 Å². The van der Waals surface area contributed by atoms with Crippen molar-refractivity contribution in [3.05, 3.63) is 38.9 Å². The minimum absolute atomic E-state index is 0.105. The Morgan fingerprint density at radius 2 is 2.29 bits per heavy atom. The van der Waals surface area contributed by atoms with Crippen LogP contribution in [0.4, 0.5) is 5.69 Å². The second kappa shape index (κ2) is 5.27. The summed E-state index contributed by atoms with van der Waals surface area (Å²) in [5.74, 6) is -0.610. The number of nitrogens with zero attached hydrogens (tertiary/aromatic N) is 3. The van der Waals surface area contributed by atoms with Gasteiger partial charge in [-0.25, -0.2) is 0 Å². The zero-order chi connectivity index (χ0) is 13.0. The van der Waals surface area contributed by atoms with Crippen LogP contribution in [0.2, 0.25) is 5.02 Å². The van der Waals surface area contributed by atoms with E-state index in [9.17, 15) is 14.9 Å². The summed E-state index contributed by atoms with van der Waals surface area (Å²) in [7, 11) is 1.39. The number of hydrogen-bond acceptors (Lipinski definition) is 4. The summed E-state index contributed by atoms with van der Waals surface area (Å²) < 4.78 is 0. The lowest BCUT2D eigenvalue weighted by Crippen LogP contribution is -2.27. The van der Waals surface area contributed by atoms with Crippen molar-refractivity contribution in [1.29, 1.82) is 5.26 Å². The SMILES string of the molecule is CN(CC#N)C(=O)c1cccc(Cl)c1[N+](=O)[O-]. The van der Waals surface area contributed by atoms with E-state index >= 15 is 0 Å². The highest BCUT2D eigenvalue weighted by Gasteiger charge is 2.25. The lowest BCUT2D eigenvalue weighted by Gasteiger charge is -2.13. The van der Waals surface area contributed by atoms with Crippen LogP contribution in [0.3, 0.4) is 0 Å². The number of carbonyl (C=O) groups is 1. The number of para-hydroxylation sites is 1. The molecule has 0 radical (unpaired) electrons. The smallest absolute Gasteiger partial charge is 0.300 e. The highest BCUT2D eigenvalue weighted by molar-refractivity contribution is 6.33. The fraction of sp³-hybridized carbons (Fsp3) is 0.200. The molecule has 0 unspecified atom stereocenters. The fourth-order valence-electron chi connectivity index (χ4n) is 1.26. The van der Waals surface area contributed by atoms with Crippen LogP contribution in [0.15, 0.2) is 18.2 Å². The first-order chi connectivity index (χ1) is 7.99. The van der Waals surface area contributed by atoms with Crippen LogP contribution >= 0.6 is 11.6 Å². The van der Waals surface area contributed by atoms with Crippen molar-refractivity contribution in [3.8, 4) is 6.07 Å². The van der Waals surface area contributed by atoms with E-state index in [0.717, 1.165) is 4.90 Å². The van der Waals surface area contributed by atoms with Crippen LogP contribution in [-0.2, 0) is 0 Å². The Kier molecular flexibility index (Phi) is 4.01. The van der Waals surface area contributed by atoms with Crippen LogP contribution in [0.25, 0.3) is 0 Å². The van der Waals surface area contributed by atoms with Gasteiger partial charge in [0.15, 0.2) is 0 Å². The third kappa shape index (κ3) is 2.71. The predicted molar refractivity (Wildman–Crippen MR) is 60.7 cm³/mol. The molecule has 0 aliphatic heterocycles. The number of benzene rings is 1. The number of hydrogen-bond donors (Lipinski definition) is 0. The number of halogens is 1. The second-order valence-electron chi connectivity index (χ2n) is 3.21. The summed E-state index contributed by atoms with van der Waals surface area (Å²) >= 11 is 5.67. The molecule has 1 rings (SSSR count). The third-order valence-electron chi connectivity index (χ3n) is 2.05. The minimum atomic E-state index is -0.713. The van der Waals surface area contributed by atoms with Crippen molar-refractivity contribution in [1.82, 2.24) is 4.90 Å². The van der Waals surface area contributed by atoms with E-state index in [-0.39, 0.29) is 17.1 Å². The van der Waals surface area contributed by atoms with E-state index in [1.807, 2.05) is 0 Å². The van der Waals surface area contributed by atoms with Gasteiger partial charge in [0.25, 0.3) is 5.91 Å². The summed E-state index contributed by atoms with van der Waals surface area (Å²) in [6.45, 7) is -0.150. The molecule has 0 aliphatic carbocycles. The lowest BCUT2D eigenvalue weighted by atomic mass is 10.1. The molecule has 17 heavy (non-hydrogen) atoms. The second-order valence-corrected chi connectivity index (χ2v) is 3.62. The first-order valence-electron chi connectivity index (χ1n) is 4.54. The van der Waals surface area contributed by atoms with E-state index in [1.54, 1.807) is 6.07 Å². The van der Waals surface area contributed by atoms with Gasteiger partial charge in [0, 0.05) is 7.05 Å². The molecule has 0 bridgehead atoms. The van der Waals surface area contributed by atoms with Gasteiger partial charge in [-0.1, -0.05) is 17.7 Å². The zero-order valence-electron chi connectivity index (χ0n) is 8.88. The van der Waals surface area contributed by atoms with Gasteiger partial charge in [-0.05, 0) is 12.1 Å². The molecule has 0 saturated carbocycles. The van der Waals surface area contributed by atoms with Crippen LogP contribution in [0.5, 0.6) is 0 Å². The Bertz CT molecular complexity index is 510. The number of nitriles is 1. The maximum atomic E-state index is 11.8. The average Bonchev–Trinajstić information content (AvgIpc) is 2.27. The molecule has 0 fully saturated rings. The number of nitro benzene ring substituents is 1. The first kappa shape index (κ1) is 12.9. The van der Waals surface area contributed by atoms with Crippen LogP contribution < -0.4 is 0 Å². The van der Waals surface area contributed by atoms with Gasteiger partial charge in [-0.15, -0.1) is 0 Å². The Hall–Kier alpha value is -2.13. The maximum Gasteiger partial charge on any atom is 0.300 e. The highest BCUT2D eigenvalue weighted by atomic mass is 35.5.